The number of hydrogen-bond donors (Lipinski definition) is 0. The summed E-state index contributed by atoms with van der Waals surface area (Å²) in [6, 6.07) is 16.2. The Morgan fingerprint density at radius 1 is 1.07 bits per heavy atom. The number of carbonyl (C=O) groups is 2. The molecule has 7 nitrogen and oxygen atoms in total. The Hall–Kier alpha value is -3.48. The quantitative estimate of drug-likeness (QED) is 0.607. The van der Waals surface area contributed by atoms with Gasteiger partial charge in [-0.05, 0) is 56.2 Å². The fourth-order valence-corrected chi connectivity index (χ4v) is 3.23. The highest BCUT2D eigenvalue weighted by molar-refractivity contribution is 5.95. The van der Waals surface area contributed by atoms with E-state index < -0.39 is 12.1 Å². The number of rotatable bonds is 5. The van der Waals surface area contributed by atoms with Crippen LogP contribution >= 0.6 is 0 Å². The maximum Gasteiger partial charge on any atom is 0.338 e. The molecule has 29 heavy (non-hydrogen) atoms. The summed E-state index contributed by atoms with van der Waals surface area (Å²) in [6.45, 7) is 2.39. The Balaban J connectivity index is 1.41. The van der Waals surface area contributed by atoms with Gasteiger partial charge in [0.25, 0.3) is 5.89 Å². The topological polar surface area (TPSA) is 85.5 Å². The fourth-order valence-electron chi connectivity index (χ4n) is 3.23. The monoisotopic (exact) mass is 391 g/mol. The molecule has 0 N–H and O–H groups in total. The van der Waals surface area contributed by atoms with Crippen molar-refractivity contribution in [2.45, 2.75) is 32.3 Å². The van der Waals surface area contributed by atoms with Gasteiger partial charge in [-0.3, -0.25) is 4.79 Å². The van der Waals surface area contributed by atoms with Crippen LogP contribution in [-0.2, 0) is 9.53 Å². The van der Waals surface area contributed by atoms with Gasteiger partial charge in [-0.15, -0.1) is 10.2 Å². The molecule has 148 valence electrons. The van der Waals surface area contributed by atoms with Gasteiger partial charge in [-0.2, -0.15) is 0 Å². The Labute approximate surface area is 168 Å². The molecule has 0 radical (unpaired) electrons. The minimum Gasteiger partial charge on any atom is -0.449 e. The van der Waals surface area contributed by atoms with Crippen LogP contribution in [0.1, 0.15) is 48.5 Å². The Morgan fingerprint density at radius 2 is 1.83 bits per heavy atom. The molecule has 1 amide bonds. The minimum atomic E-state index is -0.684. The SMILES string of the molecule is C[C@H](OC(=O)c1ccc(N2CCCCC2=O)cc1)c1nnc(-c2ccccc2)o1. The summed E-state index contributed by atoms with van der Waals surface area (Å²) in [5, 5.41) is 8.00. The van der Waals surface area contributed by atoms with Crippen molar-refractivity contribution in [1.29, 1.82) is 0 Å². The van der Waals surface area contributed by atoms with E-state index in [1.165, 1.54) is 0 Å². The molecule has 2 heterocycles. The van der Waals surface area contributed by atoms with Gasteiger partial charge in [0.05, 0.1) is 5.56 Å². The first-order chi connectivity index (χ1) is 14.1. The van der Waals surface area contributed by atoms with Crippen molar-refractivity contribution in [3.05, 3.63) is 66.1 Å². The smallest absolute Gasteiger partial charge is 0.338 e. The molecule has 1 aliphatic heterocycles. The Bertz CT molecular complexity index is 998. The predicted octanol–water partition coefficient (Wildman–Crippen LogP) is 4.17. The number of ether oxygens (including phenoxy) is 1. The molecule has 1 fully saturated rings. The number of hydrogen-bond acceptors (Lipinski definition) is 6. The lowest BCUT2D eigenvalue weighted by atomic mass is 10.1. The zero-order valence-corrected chi connectivity index (χ0v) is 16.1. The van der Waals surface area contributed by atoms with Gasteiger partial charge in [0.2, 0.25) is 11.8 Å². The lowest BCUT2D eigenvalue weighted by molar-refractivity contribution is -0.119. The molecule has 0 spiro atoms. The van der Waals surface area contributed by atoms with Crippen molar-refractivity contribution in [3.8, 4) is 11.5 Å². The van der Waals surface area contributed by atoms with Gasteiger partial charge in [-0.25, -0.2) is 4.79 Å². The lowest BCUT2D eigenvalue weighted by Gasteiger charge is -2.26. The van der Waals surface area contributed by atoms with Crippen molar-refractivity contribution in [2.24, 2.45) is 0 Å². The summed E-state index contributed by atoms with van der Waals surface area (Å²) in [5.74, 6) is 0.228. The van der Waals surface area contributed by atoms with E-state index in [4.69, 9.17) is 9.15 Å². The van der Waals surface area contributed by atoms with Gasteiger partial charge in [0.15, 0.2) is 6.10 Å². The Kier molecular flexibility index (Phi) is 5.37. The van der Waals surface area contributed by atoms with Crippen molar-refractivity contribution in [3.63, 3.8) is 0 Å². The van der Waals surface area contributed by atoms with E-state index in [1.807, 2.05) is 30.3 Å². The first-order valence-electron chi connectivity index (χ1n) is 9.62. The summed E-state index contributed by atoms with van der Waals surface area (Å²) in [6.07, 6.45) is 1.80. The van der Waals surface area contributed by atoms with E-state index in [0.717, 1.165) is 24.1 Å². The van der Waals surface area contributed by atoms with E-state index in [0.29, 0.717) is 24.4 Å². The van der Waals surface area contributed by atoms with Crippen LogP contribution in [0.5, 0.6) is 0 Å². The van der Waals surface area contributed by atoms with Crippen LogP contribution in [0.4, 0.5) is 5.69 Å². The molecule has 0 unspecified atom stereocenters. The maximum absolute atomic E-state index is 12.5. The molecule has 1 atom stereocenters. The third kappa shape index (κ3) is 4.18. The third-order valence-corrected chi connectivity index (χ3v) is 4.83. The highest BCUT2D eigenvalue weighted by atomic mass is 16.6. The van der Waals surface area contributed by atoms with Crippen LogP contribution in [0.3, 0.4) is 0 Å². The highest BCUT2D eigenvalue weighted by Gasteiger charge is 2.22. The van der Waals surface area contributed by atoms with Crippen LogP contribution in [0, 0.1) is 0 Å². The molecule has 0 bridgehead atoms. The average Bonchev–Trinajstić information content (AvgIpc) is 3.25. The summed E-state index contributed by atoms with van der Waals surface area (Å²) in [7, 11) is 0. The number of benzene rings is 2. The zero-order valence-electron chi connectivity index (χ0n) is 16.1. The van der Waals surface area contributed by atoms with Crippen LogP contribution in [0.2, 0.25) is 0 Å². The summed E-state index contributed by atoms with van der Waals surface area (Å²) in [4.78, 5) is 26.3. The van der Waals surface area contributed by atoms with E-state index in [1.54, 1.807) is 36.1 Å². The number of nitrogens with zero attached hydrogens (tertiary/aromatic N) is 3. The first kappa shape index (κ1) is 18.9. The van der Waals surface area contributed by atoms with Crippen LogP contribution in [0.15, 0.2) is 59.0 Å². The Morgan fingerprint density at radius 3 is 2.55 bits per heavy atom. The van der Waals surface area contributed by atoms with Gasteiger partial charge < -0.3 is 14.1 Å². The van der Waals surface area contributed by atoms with Crippen LogP contribution in [-0.4, -0.2) is 28.6 Å². The number of esters is 1. The second-order valence-corrected chi connectivity index (χ2v) is 6.91. The van der Waals surface area contributed by atoms with Crippen molar-refractivity contribution in [2.75, 3.05) is 11.4 Å². The zero-order chi connectivity index (χ0) is 20.2. The standard InChI is InChI=1S/C22H21N3O4/c1-15(20-23-24-21(29-20)16-7-3-2-4-8-16)28-22(27)17-10-12-18(13-11-17)25-14-6-5-9-19(25)26/h2-4,7-8,10-13,15H,5-6,9,14H2,1H3/t15-/m0/s1. The predicted molar refractivity (Wildman–Crippen MR) is 106 cm³/mol. The second kappa shape index (κ2) is 8.26. The second-order valence-electron chi connectivity index (χ2n) is 6.91. The van der Waals surface area contributed by atoms with E-state index in [9.17, 15) is 9.59 Å². The maximum atomic E-state index is 12.5. The molecule has 2 aromatic carbocycles. The molecule has 0 aliphatic carbocycles. The number of amides is 1. The minimum absolute atomic E-state index is 0.116. The number of piperidine rings is 1. The molecule has 1 aromatic heterocycles. The van der Waals surface area contributed by atoms with Crippen molar-refractivity contribution in [1.82, 2.24) is 10.2 Å². The average molecular weight is 391 g/mol. The summed E-state index contributed by atoms with van der Waals surface area (Å²) < 4.78 is 11.1. The van der Waals surface area contributed by atoms with Gasteiger partial charge in [0, 0.05) is 24.2 Å². The first-order valence-corrected chi connectivity index (χ1v) is 9.62. The lowest BCUT2D eigenvalue weighted by Crippen LogP contribution is -2.35. The molecule has 1 aliphatic rings. The molecule has 3 aromatic rings. The third-order valence-electron chi connectivity index (χ3n) is 4.83. The largest absolute Gasteiger partial charge is 0.449 e. The molecular weight excluding hydrogens is 370 g/mol. The van der Waals surface area contributed by atoms with Crippen LogP contribution < -0.4 is 4.90 Å². The summed E-state index contributed by atoms with van der Waals surface area (Å²) in [5.41, 5.74) is 1.99. The van der Waals surface area contributed by atoms with Crippen LogP contribution in [0.25, 0.3) is 11.5 Å². The van der Waals surface area contributed by atoms with E-state index >= 15 is 0 Å². The molecule has 0 saturated carbocycles. The molecule has 7 heteroatoms. The van der Waals surface area contributed by atoms with Crippen molar-refractivity contribution < 1.29 is 18.7 Å². The fraction of sp³-hybridized carbons (Fsp3) is 0.273. The van der Waals surface area contributed by atoms with Crippen molar-refractivity contribution >= 4 is 17.6 Å². The molecular formula is C22H21N3O4. The summed E-state index contributed by atoms with van der Waals surface area (Å²) >= 11 is 0. The van der Waals surface area contributed by atoms with Gasteiger partial charge in [-0.1, -0.05) is 18.2 Å². The number of aromatic nitrogens is 2. The number of carbonyl (C=O) groups excluding carboxylic acids is 2. The van der Waals surface area contributed by atoms with Gasteiger partial charge >= 0.3 is 5.97 Å². The molecule has 1 saturated heterocycles. The highest BCUT2D eigenvalue weighted by Crippen LogP contribution is 2.24. The number of anilines is 1. The van der Waals surface area contributed by atoms with E-state index in [-0.39, 0.29) is 11.8 Å². The van der Waals surface area contributed by atoms with E-state index in [2.05, 4.69) is 10.2 Å². The molecule has 4 rings (SSSR count). The normalized spacial score (nSPS) is 15.2. The van der Waals surface area contributed by atoms with Gasteiger partial charge in [0.1, 0.15) is 0 Å².